The van der Waals surface area contributed by atoms with Crippen LogP contribution in [-0.2, 0) is 11.4 Å². The van der Waals surface area contributed by atoms with Crippen molar-refractivity contribution >= 4 is 11.6 Å². The molecule has 0 saturated carbocycles. The van der Waals surface area contributed by atoms with Crippen LogP contribution in [0.4, 0.5) is 5.69 Å². The number of nitrogens with one attached hydrogen (secondary N) is 2. The zero-order valence-corrected chi connectivity index (χ0v) is 12.8. The lowest BCUT2D eigenvalue weighted by atomic mass is 10.2. The first-order chi connectivity index (χ1) is 10.8. The van der Waals surface area contributed by atoms with Gasteiger partial charge in [-0.25, -0.2) is 0 Å². The summed E-state index contributed by atoms with van der Waals surface area (Å²) in [6.45, 7) is 3.53. The molecule has 4 nitrogen and oxygen atoms in total. The van der Waals surface area contributed by atoms with Crippen molar-refractivity contribution in [2.75, 3.05) is 18.4 Å². The maximum Gasteiger partial charge on any atom is 0.239 e. The highest BCUT2D eigenvalue weighted by atomic mass is 16.5. The summed E-state index contributed by atoms with van der Waals surface area (Å²) < 4.78 is 5.76. The molecule has 0 aliphatic rings. The van der Waals surface area contributed by atoms with E-state index in [1.807, 2.05) is 61.5 Å². The predicted molar refractivity (Wildman–Crippen MR) is 89.0 cm³/mol. The van der Waals surface area contributed by atoms with E-state index < -0.39 is 0 Å². The van der Waals surface area contributed by atoms with E-state index in [-0.39, 0.29) is 12.5 Å². The van der Waals surface area contributed by atoms with Crippen LogP contribution in [0.15, 0.2) is 54.6 Å². The largest absolute Gasteiger partial charge is 0.489 e. The molecule has 2 N–H and O–H groups in total. The molecule has 4 heteroatoms. The highest BCUT2D eigenvalue weighted by Crippen LogP contribution is 2.18. The first-order valence-electron chi connectivity index (χ1n) is 7.55. The third kappa shape index (κ3) is 5.48. The average molecular weight is 298 g/mol. The Balaban J connectivity index is 1.83. The molecule has 22 heavy (non-hydrogen) atoms. The van der Waals surface area contributed by atoms with E-state index in [0.29, 0.717) is 13.2 Å². The molecule has 0 atom stereocenters. The second-order valence-corrected chi connectivity index (χ2v) is 5.01. The molecule has 0 fully saturated rings. The van der Waals surface area contributed by atoms with Crippen molar-refractivity contribution in [3.63, 3.8) is 0 Å². The van der Waals surface area contributed by atoms with Gasteiger partial charge < -0.3 is 15.4 Å². The molecule has 0 aliphatic heterocycles. The second-order valence-electron chi connectivity index (χ2n) is 5.01. The standard InChI is InChI=1S/C18H22N2O2/c1-2-11-19-18(21)13-20-16-9-6-10-17(12-16)22-14-15-7-4-3-5-8-15/h3-10,12,20H,2,11,13-14H2,1H3,(H,19,21). The number of hydrogen-bond donors (Lipinski definition) is 2. The Bertz CT molecular complexity index is 585. The number of rotatable bonds is 8. The molecule has 1 amide bonds. The fourth-order valence-corrected chi connectivity index (χ4v) is 1.95. The van der Waals surface area contributed by atoms with Crippen molar-refractivity contribution in [1.29, 1.82) is 0 Å². The van der Waals surface area contributed by atoms with Gasteiger partial charge >= 0.3 is 0 Å². The Kier molecular flexibility index (Phi) is 6.30. The number of carbonyl (C=O) groups excluding carboxylic acids is 1. The maximum atomic E-state index is 11.6. The van der Waals surface area contributed by atoms with Gasteiger partial charge in [0.1, 0.15) is 12.4 Å². The van der Waals surface area contributed by atoms with Gasteiger partial charge in [-0.2, -0.15) is 0 Å². The van der Waals surface area contributed by atoms with Crippen LogP contribution in [0.2, 0.25) is 0 Å². The van der Waals surface area contributed by atoms with E-state index in [1.165, 1.54) is 0 Å². The van der Waals surface area contributed by atoms with Gasteiger partial charge in [0, 0.05) is 18.3 Å². The minimum atomic E-state index is -0.00235. The minimum Gasteiger partial charge on any atom is -0.489 e. The zero-order chi connectivity index (χ0) is 15.6. The molecule has 0 spiro atoms. The first kappa shape index (κ1) is 15.9. The summed E-state index contributed by atoms with van der Waals surface area (Å²) >= 11 is 0. The van der Waals surface area contributed by atoms with Crippen LogP contribution >= 0.6 is 0 Å². The zero-order valence-electron chi connectivity index (χ0n) is 12.8. The van der Waals surface area contributed by atoms with Crippen LogP contribution in [-0.4, -0.2) is 19.0 Å². The molecule has 2 aromatic rings. The summed E-state index contributed by atoms with van der Waals surface area (Å²) in [7, 11) is 0. The lowest BCUT2D eigenvalue weighted by Gasteiger charge is -2.10. The lowest BCUT2D eigenvalue weighted by molar-refractivity contribution is -0.119. The highest BCUT2D eigenvalue weighted by Gasteiger charge is 2.01. The number of amides is 1. The van der Waals surface area contributed by atoms with E-state index in [0.717, 1.165) is 23.4 Å². The molecule has 0 aromatic heterocycles. The predicted octanol–water partition coefficient (Wildman–Crippen LogP) is 3.20. The van der Waals surface area contributed by atoms with Gasteiger partial charge in [0.15, 0.2) is 0 Å². The molecule has 116 valence electrons. The van der Waals surface area contributed by atoms with Crippen molar-refractivity contribution in [1.82, 2.24) is 5.32 Å². The van der Waals surface area contributed by atoms with Gasteiger partial charge in [-0.15, -0.1) is 0 Å². The quantitative estimate of drug-likeness (QED) is 0.787. The number of anilines is 1. The monoisotopic (exact) mass is 298 g/mol. The normalized spacial score (nSPS) is 10.0. The van der Waals surface area contributed by atoms with Gasteiger partial charge in [0.2, 0.25) is 5.91 Å². The van der Waals surface area contributed by atoms with E-state index >= 15 is 0 Å². The van der Waals surface area contributed by atoms with E-state index in [4.69, 9.17) is 4.74 Å². The summed E-state index contributed by atoms with van der Waals surface area (Å²) in [5, 5.41) is 5.93. The van der Waals surface area contributed by atoms with Crippen LogP contribution < -0.4 is 15.4 Å². The maximum absolute atomic E-state index is 11.6. The molecule has 2 rings (SSSR count). The van der Waals surface area contributed by atoms with Crippen LogP contribution in [0.1, 0.15) is 18.9 Å². The molecular weight excluding hydrogens is 276 g/mol. The van der Waals surface area contributed by atoms with Crippen molar-refractivity contribution in [2.24, 2.45) is 0 Å². The SMILES string of the molecule is CCCNC(=O)CNc1cccc(OCc2ccccc2)c1. The van der Waals surface area contributed by atoms with Gasteiger partial charge in [0.05, 0.1) is 6.54 Å². The van der Waals surface area contributed by atoms with E-state index in [1.54, 1.807) is 0 Å². The van der Waals surface area contributed by atoms with Gasteiger partial charge in [0.25, 0.3) is 0 Å². The third-order valence-corrected chi connectivity index (χ3v) is 3.11. The van der Waals surface area contributed by atoms with Crippen LogP contribution in [0.3, 0.4) is 0 Å². The van der Waals surface area contributed by atoms with Crippen LogP contribution in [0.25, 0.3) is 0 Å². The van der Waals surface area contributed by atoms with E-state index in [9.17, 15) is 4.79 Å². The average Bonchev–Trinajstić information content (AvgIpc) is 2.57. The summed E-state index contributed by atoms with van der Waals surface area (Å²) in [6.07, 6.45) is 0.939. The Hall–Kier alpha value is -2.49. The fourth-order valence-electron chi connectivity index (χ4n) is 1.95. The summed E-state index contributed by atoms with van der Waals surface area (Å²) in [5.74, 6) is 0.778. The summed E-state index contributed by atoms with van der Waals surface area (Å²) in [5.41, 5.74) is 2.00. The second kappa shape index (κ2) is 8.72. The number of ether oxygens (including phenoxy) is 1. The molecule has 0 radical (unpaired) electrons. The Morgan fingerprint density at radius 1 is 1.09 bits per heavy atom. The summed E-state index contributed by atoms with van der Waals surface area (Å²) in [4.78, 5) is 11.6. The number of carbonyl (C=O) groups is 1. The molecule has 2 aromatic carbocycles. The third-order valence-electron chi connectivity index (χ3n) is 3.11. The van der Waals surface area contributed by atoms with Gasteiger partial charge in [-0.3, -0.25) is 4.79 Å². The molecule has 0 saturated heterocycles. The van der Waals surface area contributed by atoms with Crippen molar-refractivity contribution in [3.05, 3.63) is 60.2 Å². The lowest BCUT2D eigenvalue weighted by Crippen LogP contribution is -2.30. The summed E-state index contributed by atoms with van der Waals surface area (Å²) in [6, 6.07) is 17.7. The van der Waals surface area contributed by atoms with Crippen LogP contribution in [0, 0.1) is 0 Å². The van der Waals surface area contributed by atoms with Crippen molar-refractivity contribution < 1.29 is 9.53 Å². The van der Waals surface area contributed by atoms with Gasteiger partial charge in [-0.1, -0.05) is 43.3 Å². The molecule has 0 bridgehead atoms. The molecular formula is C18H22N2O2. The molecule has 0 heterocycles. The molecule has 0 aliphatic carbocycles. The number of hydrogen-bond acceptors (Lipinski definition) is 3. The topological polar surface area (TPSA) is 50.4 Å². The highest BCUT2D eigenvalue weighted by molar-refractivity contribution is 5.80. The fraction of sp³-hybridized carbons (Fsp3) is 0.278. The Morgan fingerprint density at radius 3 is 2.68 bits per heavy atom. The molecule has 0 unspecified atom stereocenters. The number of benzene rings is 2. The smallest absolute Gasteiger partial charge is 0.239 e. The van der Waals surface area contributed by atoms with E-state index in [2.05, 4.69) is 10.6 Å². The van der Waals surface area contributed by atoms with Crippen molar-refractivity contribution in [2.45, 2.75) is 20.0 Å². The van der Waals surface area contributed by atoms with Crippen LogP contribution in [0.5, 0.6) is 5.75 Å². The minimum absolute atomic E-state index is 0.00235. The first-order valence-corrected chi connectivity index (χ1v) is 7.55. The van der Waals surface area contributed by atoms with Crippen molar-refractivity contribution in [3.8, 4) is 5.75 Å². The van der Waals surface area contributed by atoms with Gasteiger partial charge in [-0.05, 0) is 24.1 Å². The Morgan fingerprint density at radius 2 is 1.91 bits per heavy atom. The Labute approximate surface area is 131 Å².